The van der Waals surface area contributed by atoms with Gasteiger partial charge in [0.1, 0.15) is 0 Å². The van der Waals surface area contributed by atoms with Gasteiger partial charge in [-0.3, -0.25) is 0 Å². The molecule has 2 nitrogen and oxygen atoms in total. The average Bonchev–Trinajstić information content (AvgIpc) is 2.77. The van der Waals surface area contributed by atoms with E-state index >= 15 is 0 Å². The zero-order valence-electron chi connectivity index (χ0n) is 10.1. The van der Waals surface area contributed by atoms with Crippen molar-refractivity contribution in [1.82, 2.24) is 5.32 Å². The van der Waals surface area contributed by atoms with Gasteiger partial charge in [-0.1, -0.05) is 6.42 Å². The Balaban J connectivity index is 1.70. The van der Waals surface area contributed by atoms with E-state index in [9.17, 15) is 5.11 Å². The fourth-order valence-electron chi connectivity index (χ4n) is 3.58. The van der Waals surface area contributed by atoms with Gasteiger partial charge in [-0.2, -0.15) is 0 Å². The lowest BCUT2D eigenvalue weighted by Gasteiger charge is -2.28. The van der Waals surface area contributed by atoms with E-state index < -0.39 is 0 Å². The van der Waals surface area contributed by atoms with Crippen molar-refractivity contribution in [3.63, 3.8) is 0 Å². The molecule has 88 valence electrons. The van der Waals surface area contributed by atoms with Crippen LogP contribution in [0.1, 0.15) is 46.0 Å². The van der Waals surface area contributed by atoms with Crippen molar-refractivity contribution in [3.8, 4) is 0 Å². The first-order valence-electron chi connectivity index (χ1n) is 6.58. The normalized spacial score (nSPS) is 38.2. The molecule has 0 saturated heterocycles. The first-order valence-corrected chi connectivity index (χ1v) is 6.58. The van der Waals surface area contributed by atoms with E-state index in [0.717, 1.165) is 30.7 Å². The van der Waals surface area contributed by atoms with Gasteiger partial charge in [0.05, 0.1) is 6.10 Å². The summed E-state index contributed by atoms with van der Waals surface area (Å²) in [6.07, 6.45) is 6.62. The first kappa shape index (κ1) is 11.4. The highest BCUT2D eigenvalue weighted by Crippen LogP contribution is 2.49. The summed E-state index contributed by atoms with van der Waals surface area (Å²) in [5.74, 6) is 2.96. The quantitative estimate of drug-likeness (QED) is 0.730. The van der Waals surface area contributed by atoms with Gasteiger partial charge in [0, 0.05) is 6.04 Å². The summed E-state index contributed by atoms with van der Waals surface area (Å²) < 4.78 is 0. The van der Waals surface area contributed by atoms with E-state index in [2.05, 4.69) is 12.2 Å². The van der Waals surface area contributed by atoms with Crippen molar-refractivity contribution >= 4 is 0 Å². The Morgan fingerprint density at radius 1 is 1.27 bits per heavy atom. The maximum Gasteiger partial charge on any atom is 0.0524 e. The molecule has 0 heterocycles. The average molecular weight is 211 g/mol. The maximum atomic E-state index is 9.20. The minimum Gasteiger partial charge on any atom is -0.393 e. The highest BCUT2D eigenvalue weighted by atomic mass is 16.3. The number of hydrogen-bond donors (Lipinski definition) is 2. The highest BCUT2D eigenvalue weighted by molar-refractivity contribution is 4.93. The predicted octanol–water partition coefficient (Wildman–Crippen LogP) is 2.17. The van der Waals surface area contributed by atoms with Crippen LogP contribution in [0.3, 0.4) is 0 Å². The van der Waals surface area contributed by atoms with E-state index in [1.165, 1.54) is 25.7 Å². The third-order valence-corrected chi connectivity index (χ3v) is 4.46. The highest BCUT2D eigenvalue weighted by Gasteiger charge is 2.41. The van der Waals surface area contributed by atoms with Crippen LogP contribution in [-0.4, -0.2) is 23.8 Å². The van der Waals surface area contributed by atoms with Crippen molar-refractivity contribution in [2.24, 2.45) is 17.8 Å². The third-order valence-electron chi connectivity index (χ3n) is 4.46. The van der Waals surface area contributed by atoms with Gasteiger partial charge in [0.2, 0.25) is 0 Å². The van der Waals surface area contributed by atoms with Gasteiger partial charge >= 0.3 is 0 Å². The molecule has 2 aliphatic carbocycles. The molecular weight excluding hydrogens is 186 g/mol. The smallest absolute Gasteiger partial charge is 0.0524 e. The minimum atomic E-state index is -0.162. The van der Waals surface area contributed by atoms with Crippen LogP contribution < -0.4 is 5.32 Å². The predicted molar refractivity (Wildman–Crippen MR) is 62.7 cm³/mol. The van der Waals surface area contributed by atoms with Crippen LogP contribution in [0.5, 0.6) is 0 Å². The minimum absolute atomic E-state index is 0.162. The maximum absolute atomic E-state index is 9.20. The van der Waals surface area contributed by atoms with Crippen LogP contribution >= 0.6 is 0 Å². The molecule has 0 aliphatic heterocycles. The fourth-order valence-corrected chi connectivity index (χ4v) is 3.58. The van der Waals surface area contributed by atoms with Gasteiger partial charge in [0.15, 0.2) is 0 Å². The van der Waals surface area contributed by atoms with E-state index in [-0.39, 0.29) is 6.10 Å². The van der Waals surface area contributed by atoms with Crippen LogP contribution in [0.2, 0.25) is 0 Å². The second-order valence-electron chi connectivity index (χ2n) is 5.72. The first-order chi connectivity index (χ1) is 7.16. The van der Waals surface area contributed by atoms with Crippen molar-refractivity contribution in [3.05, 3.63) is 0 Å². The Morgan fingerprint density at radius 2 is 2.07 bits per heavy atom. The molecule has 2 fully saturated rings. The van der Waals surface area contributed by atoms with Crippen molar-refractivity contribution < 1.29 is 5.11 Å². The Bertz CT molecular complexity index is 205. The lowest BCUT2D eigenvalue weighted by Crippen LogP contribution is -2.37. The van der Waals surface area contributed by atoms with Gasteiger partial charge in [-0.05, 0) is 63.8 Å². The Kier molecular flexibility index (Phi) is 3.68. The van der Waals surface area contributed by atoms with Crippen LogP contribution in [0.25, 0.3) is 0 Å². The summed E-state index contributed by atoms with van der Waals surface area (Å²) in [6, 6.07) is 0.652. The monoisotopic (exact) mass is 211 g/mol. The number of aliphatic hydroxyl groups is 1. The Morgan fingerprint density at radius 3 is 2.60 bits per heavy atom. The molecule has 15 heavy (non-hydrogen) atoms. The third kappa shape index (κ3) is 2.73. The van der Waals surface area contributed by atoms with Gasteiger partial charge < -0.3 is 10.4 Å². The van der Waals surface area contributed by atoms with E-state index in [0.29, 0.717) is 6.04 Å². The summed E-state index contributed by atoms with van der Waals surface area (Å²) in [4.78, 5) is 0. The summed E-state index contributed by atoms with van der Waals surface area (Å²) in [7, 11) is 0. The molecular formula is C13H25NO. The molecule has 0 spiro atoms. The summed E-state index contributed by atoms with van der Waals surface area (Å²) >= 11 is 0. The topological polar surface area (TPSA) is 32.3 Å². The number of fused-ring (bicyclic) bond motifs is 2. The molecule has 0 aromatic heterocycles. The number of aliphatic hydroxyl groups excluding tert-OH is 1. The van der Waals surface area contributed by atoms with Crippen molar-refractivity contribution in [1.29, 1.82) is 0 Å². The molecule has 0 radical (unpaired) electrons. The zero-order chi connectivity index (χ0) is 10.8. The molecule has 0 aromatic carbocycles. The lowest BCUT2D eigenvalue weighted by atomic mass is 9.84. The Hall–Kier alpha value is -0.0800. The molecule has 2 heteroatoms. The van der Waals surface area contributed by atoms with E-state index in [1.807, 2.05) is 6.92 Å². The molecule has 2 bridgehead atoms. The van der Waals surface area contributed by atoms with Crippen LogP contribution in [0, 0.1) is 17.8 Å². The fraction of sp³-hybridized carbons (Fsp3) is 1.00. The molecule has 2 aliphatic rings. The van der Waals surface area contributed by atoms with Gasteiger partial charge in [0.25, 0.3) is 0 Å². The number of hydrogen-bond acceptors (Lipinski definition) is 2. The summed E-state index contributed by atoms with van der Waals surface area (Å²) in [6.45, 7) is 5.16. The molecule has 5 unspecified atom stereocenters. The molecule has 2 N–H and O–H groups in total. The van der Waals surface area contributed by atoms with E-state index in [1.54, 1.807) is 0 Å². The SMILES string of the molecule is CC(O)CCNC(C)C1CC2CCC1C2. The second kappa shape index (κ2) is 4.84. The van der Waals surface area contributed by atoms with Crippen molar-refractivity contribution in [2.45, 2.75) is 58.1 Å². The molecule has 0 amide bonds. The lowest BCUT2D eigenvalue weighted by molar-refractivity contribution is 0.177. The van der Waals surface area contributed by atoms with Gasteiger partial charge in [-0.15, -0.1) is 0 Å². The second-order valence-corrected chi connectivity index (χ2v) is 5.72. The zero-order valence-corrected chi connectivity index (χ0v) is 10.1. The van der Waals surface area contributed by atoms with Crippen LogP contribution in [0.4, 0.5) is 0 Å². The standard InChI is InChI=1S/C13H25NO/c1-9(15)5-6-14-10(2)13-8-11-3-4-12(13)7-11/h9-15H,3-8H2,1-2H3. The summed E-state index contributed by atoms with van der Waals surface area (Å²) in [5, 5.41) is 12.8. The van der Waals surface area contributed by atoms with E-state index in [4.69, 9.17) is 0 Å². The Labute approximate surface area is 93.5 Å². The molecule has 0 aromatic rings. The van der Waals surface area contributed by atoms with Gasteiger partial charge in [-0.25, -0.2) is 0 Å². The molecule has 2 rings (SSSR count). The number of rotatable bonds is 5. The van der Waals surface area contributed by atoms with Crippen LogP contribution in [0.15, 0.2) is 0 Å². The largest absolute Gasteiger partial charge is 0.393 e. The summed E-state index contributed by atoms with van der Waals surface area (Å²) in [5.41, 5.74) is 0. The molecule has 2 saturated carbocycles. The number of nitrogens with one attached hydrogen (secondary N) is 1. The molecule has 5 atom stereocenters. The van der Waals surface area contributed by atoms with Crippen molar-refractivity contribution in [2.75, 3.05) is 6.54 Å². The van der Waals surface area contributed by atoms with Crippen LogP contribution in [-0.2, 0) is 0 Å².